The first-order valence-electron chi connectivity index (χ1n) is 11.7. The number of piperazine rings is 1. The number of carbonyl (C=O) groups excluding carboxylic acids is 1. The van der Waals surface area contributed by atoms with Crippen molar-refractivity contribution >= 4 is 49.7 Å². The van der Waals surface area contributed by atoms with Gasteiger partial charge in [-0.15, -0.1) is 11.3 Å². The van der Waals surface area contributed by atoms with E-state index in [2.05, 4.69) is 21.9 Å². The summed E-state index contributed by atoms with van der Waals surface area (Å²) in [5, 5.41) is 2.31. The molecule has 180 valence electrons. The van der Waals surface area contributed by atoms with E-state index in [1.165, 1.54) is 17.0 Å². The molecule has 0 radical (unpaired) electrons. The summed E-state index contributed by atoms with van der Waals surface area (Å²) in [6, 6.07) is 13.7. The van der Waals surface area contributed by atoms with Gasteiger partial charge in [0.15, 0.2) is 11.5 Å². The number of nitrogens with zero attached hydrogens (tertiary/aromatic N) is 3. The van der Waals surface area contributed by atoms with Crippen LogP contribution in [0, 0.1) is 0 Å². The number of ether oxygens (including phenoxy) is 2. The Bertz CT molecular complexity index is 1160. The number of carbonyl (C=O) groups is 1. The number of anilines is 2. The quantitative estimate of drug-likeness (QED) is 0.471. The molecule has 2 aliphatic rings. The number of fused-ring (bicyclic) bond motifs is 2. The van der Waals surface area contributed by atoms with Crippen LogP contribution in [0.5, 0.6) is 11.5 Å². The van der Waals surface area contributed by atoms with Crippen LogP contribution in [0.4, 0.5) is 15.5 Å². The minimum absolute atomic E-state index is 0.457. The van der Waals surface area contributed by atoms with Crippen LogP contribution in [0.3, 0.4) is 0 Å². The Labute approximate surface area is 208 Å². The lowest BCUT2D eigenvalue weighted by Gasteiger charge is -2.36. The van der Waals surface area contributed by atoms with E-state index in [1.807, 2.05) is 30.3 Å². The molecule has 2 aromatic carbocycles. The number of benzene rings is 2. The monoisotopic (exact) mass is 500 g/mol. The molecule has 0 saturated carbocycles. The fourth-order valence-electron chi connectivity index (χ4n) is 4.55. The van der Waals surface area contributed by atoms with Gasteiger partial charge >= 0.3 is 6.03 Å². The number of primary amides is 1. The van der Waals surface area contributed by atoms with Gasteiger partial charge in [0, 0.05) is 54.6 Å². The molecule has 2 aliphatic heterocycles. The number of hydrogen-bond acceptors (Lipinski definition) is 6. The molecule has 34 heavy (non-hydrogen) atoms. The van der Waals surface area contributed by atoms with Gasteiger partial charge in [-0.1, -0.05) is 29.8 Å². The Morgan fingerprint density at radius 2 is 1.79 bits per heavy atom. The van der Waals surface area contributed by atoms with E-state index < -0.39 is 6.03 Å². The Morgan fingerprint density at radius 1 is 1.03 bits per heavy atom. The molecule has 2 amide bonds. The molecule has 1 fully saturated rings. The van der Waals surface area contributed by atoms with Gasteiger partial charge in [-0.25, -0.2) is 4.79 Å². The maximum Gasteiger partial charge on any atom is 0.319 e. The van der Waals surface area contributed by atoms with E-state index in [0.717, 1.165) is 72.2 Å². The molecule has 1 saturated heterocycles. The number of amides is 2. The van der Waals surface area contributed by atoms with Gasteiger partial charge in [-0.05, 0) is 37.6 Å². The predicted octanol–water partition coefficient (Wildman–Crippen LogP) is 4.81. The summed E-state index contributed by atoms with van der Waals surface area (Å²) in [6.45, 7) is 6.76. The zero-order valence-corrected chi connectivity index (χ0v) is 20.6. The molecule has 1 aromatic heterocycles. The van der Waals surface area contributed by atoms with Gasteiger partial charge in [0.1, 0.15) is 18.2 Å². The molecule has 7 nitrogen and oxygen atoms in total. The Kier molecular flexibility index (Phi) is 6.99. The molecule has 3 aromatic rings. The molecule has 0 atom stereocenters. The van der Waals surface area contributed by atoms with E-state index in [4.69, 9.17) is 26.8 Å². The topological polar surface area (TPSA) is 71.3 Å². The van der Waals surface area contributed by atoms with Crippen molar-refractivity contribution < 1.29 is 14.3 Å². The minimum Gasteiger partial charge on any atom is -0.486 e. The third-order valence-corrected chi connectivity index (χ3v) is 8.09. The second-order valence-electron chi connectivity index (χ2n) is 8.57. The second kappa shape index (κ2) is 10.3. The van der Waals surface area contributed by atoms with Crippen molar-refractivity contribution in [3.05, 3.63) is 47.5 Å². The van der Waals surface area contributed by atoms with E-state index in [-0.39, 0.29) is 0 Å². The zero-order valence-electron chi connectivity index (χ0n) is 19.0. The van der Waals surface area contributed by atoms with Crippen LogP contribution in [0.15, 0.2) is 42.5 Å². The highest BCUT2D eigenvalue weighted by atomic mass is 35.5. The molecule has 5 rings (SSSR count). The van der Waals surface area contributed by atoms with Gasteiger partial charge < -0.3 is 20.1 Å². The number of hydrogen-bond donors (Lipinski definition) is 1. The average Bonchev–Trinajstić information content (AvgIpc) is 3.20. The summed E-state index contributed by atoms with van der Waals surface area (Å²) in [5.74, 6) is 1.67. The second-order valence-corrected chi connectivity index (χ2v) is 9.98. The molecule has 3 heterocycles. The third-order valence-electron chi connectivity index (χ3n) is 6.40. The van der Waals surface area contributed by atoms with E-state index in [9.17, 15) is 4.79 Å². The van der Waals surface area contributed by atoms with Crippen molar-refractivity contribution in [3.63, 3.8) is 0 Å². The van der Waals surface area contributed by atoms with E-state index in [1.54, 1.807) is 4.90 Å². The van der Waals surface area contributed by atoms with E-state index in [0.29, 0.717) is 24.8 Å². The zero-order chi connectivity index (χ0) is 23.5. The van der Waals surface area contributed by atoms with Crippen LogP contribution in [0.25, 0.3) is 10.1 Å². The van der Waals surface area contributed by atoms with Crippen LogP contribution in [-0.2, 0) is 0 Å². The van der Waals surface area contributed by atoms with Crippen molar-refractivity contribution in [2.45, 2.75) is 12.8 Å². The summed E-state index contributed by atoms with van der Waals surface area (Å²) in [4.78, 5) is 18.6. The van der Waals surface area contributed by atoms with Crippen molar-refractivity contribution in [3.8, 4) is 11.5 Å². The van der Waals surface area contributed by atoms with Gasteiger partial charge in [0.05, 0.1) is 5.02 Å². The van der Waals surface area contributed by atoms with Crippen LogP contribution < -0.4 is 25.0 Å². The summed E-state index contributed by atoms with van der Waals surface area (Å²) in [6.07, 6.45) is 1.87. The van der Waals surface area contributed by atoms with Crippen LogP contribution in [0.1, 0.15) is 12.8 Å². The summed E-state index contributed by atoms with van der Waals surface area (Å²) < 4.78 is 12.4. The first kappa shape index (κ1) is 23.1. The summed E-state index contributed by atoms with van der Waals surface area (Å²) >= 11 is 8.08. The Balaban J connectivity index is 1.10. The fourth-order valence-corrected chi connectivity index (χ4v) is 6.11. The third kappa shape index (κ3) is 4.89. The average molecular weight is 501 g/mol. The van der Waals surface area contributed by atoms with Crippen molar-refractivity contribution in [2.24, 2.45) is 5.73 Å². The maximum atomic E-state index is 12.1. The van der Waals surface area contributed by atoms with Crippen LogP contribution in [-0.4, -0.2) is 63.4 Å². The summed E-state index contributed by atoms with van der Waals surface area (Å²) in [7, 11) is 0. The number of urea groups is 1. The number of unbranched alkanes of at least 4 members (excludes halogenated alkanes) is 1. The van der Waals surface area contributed by atoms with Gasteiger partial charge in [0.25, 0.3) is 0 Å². The van der Waals surface area contributed by atoms with Crippen molar-refractivity contribution in [2.75, 3.05) is 62.3 Å². The predicted molar refractivity (Wildman–Crippen MR) is 139 cm³/mol. The molecular formula is C25H29ClN4O3S. The van der Waals surface area contributed by atoms with Crippen molar-refractivity contribution in [1.82, 2.24) is 4.90 Å². The van der Waals surface area contributed by atoms with Crippen LogP contribution in [0.2, 0.25) is 5.02 Å². The van der Waals surface area contributed by atoms with Gasteiger partial charge in [-0.2, -0.15) is 0 Å². The molecular weight excluding hydrogens is 472 g/mol. The van der Waals surface area contributed by atoms with Crippen LogP contribution >= 0.6 is 22.9 Å². The fraction of sp³-hybridized carbons (Fsp3) is 0.400. The van der Waals surface area contributed by atoms with E-state index >= 15 is 0 Å². The molecule has 0 bridgehead atoms. The smallest absolute Gasteiger partial charge is 0.319 e. The minimum atomic E-state index is -0.457. The SMILES string of the molecule is NC(=O)N(CCCCN1CCN(c2ccc3c(c2)OCCO3)CC1)c1sc2ccccc2c1Cl. The molecule has 2 N–H and O–H groups in total. The first-order chi connectivity index (χ1) is 16.6. The normalized spacial score (nSPS) is 16.1. The Hall–Kier alpha value is -2.68. The number of thiophene rings is 1. The molecule has 0 unspecified atom stereocenters. The highest BCUT2D eigenvalue weighted by molar-refractivity contribution is 7.23. The van der Waals surface area contributed by atoms with Crippen molar-refractivity contribution in [1.29, 1.82) is 0 Å². The van der Waals surface area contributed by atoms with Gasteiger partial charge in [0.2, 0.25) is 0 Å². The first-order valence-corrected chi connectivity index (χ1v) is 12.9. The molecule has 9 heteroatoms. The highest BCUT2D eigenvalue weighted by Crippen LogP contribution is 2.41. The highest BCUT2D eigenvalue weighted by Gasteiger charge is 2.22. The largest absolute Gasteiger partial charge is 0.486 e. The van der Waals surface area contributed by atoms with Gasteiger partial charge in [-0.3, -0.25) is 9.80 Å². The molecule has 0 aliphatic carbocycles. The standard InChI is InChI=1S/C25H29ClN4O3S/c26-23-19-5-1-2-6-22(19)34-24(23)30(25(27)31)10-4-3-9-28-11-13-29(14-12-28)18-7-8-20-21(17-18)33-16-15-32-20/h1-2,5-8,17H,3-4,9-16H2,(H2,27,31). The lowest BCUT2D eigenvalue weighted by atomic mass is 10.2. The Morgan fingerprint density at radius 3 is 2.56 bits per heavy atom. The maximum absolute atomic E-state index is 12.1. The number of nitrogens with two attached hydrogens (primary N) is 1. The lowest BCUT2D eigenvalue weighted by molar-refractivity contribution is 0.171. The summed E-state index contributed by atoms with van der Waals surface area (Å²) in [5.41, 5.74) is 6.88. The number of rotatable bonds is 7. The molecule has 0 spiro atoms. The lowest BCUT2D eigenvalue weighted by Crippen LogP contribution is -2.46. The number of halogens is 1.